The molecule has 25 heavy (non-hydrogen) atoms. The molecule has 2 fully saturated rings. The van der Waals surface area contributed by atoms with Gasteiger partial charge < -0.3 is 10.6 Å². The molecular weight excluding hydrogens is 312 g/mol. The Morgan fingerprint density at radius 3 is 2.76 bits per heavy atom. The number of hydrogen-bond acceptors (Lipinski definition) is 2. The molecule has 2 amide bonds. The summed E-state index contributed by atoms with van der Waals surface area (Å²) in [6.45, 7) is 4.30. The van der Waals surface area contributed by atoms with Gasteiger partial charge in [-0.25, -0.2) is 0 Å². The Balaban J connectivity index is 1.55. The van der Waals surface area contributed by atoms with Crippen LogP contribution in [0, 0.1) is 17.8 Å². The van der Waals surface area contributed by atoms with E-state index in [9.17, 15) is 9.59 Å². The average molecular weight is 340 g/mol. The summed E-state index contributed by atoms with van der Waals surface area (Å²) in [6, 6.07) is 10.1. The van der Waals surface area contributed by atoms with Gasteiger partial charge in [0, 0.05) is 24.1 Å². The van der Waals surface area contributed by atoms with Crippen molar-refractivity contribution in [3.63, 3.8) is 0 Å². The van der Waals surface area contributed by atoms with Crippen LogP contribution < -0.4 is 10.6 Å². The van der Waals surface area contributed by atoms with Crippen molar-refractivity contribution in [1.29, 1.82) is 0 Å². The molecule has 1 saturated carbocycles. The van der Waals surface area contributed by atoms with Gasteiger partial charge in [-0.2, -0.15) is 0 Å². The molecule has 1 aliphatic carbocycles. The molecule has 2 aliphatic rings. The molecule has 1 aromatic carbocycles. The first-order valence-corrected chi connectivity index (χ1v) is 9.42. The molecule has 4 nitrogen and oxygen atoms in total. The molecule has 0 radical (unpaired) electrons. The average Bonchev–Trinajstić information content (AvgIpc) is 2.61. The number of piperidine rings is 1. The van der Waals surface area contributed by atoms with E-state index in [1.54, 1.807) is 6.08 Å². The minimum atomic E-state index is -0.0612. The van der Waals surface area contributed by atoms with Crippen molar-refractivity contribution in [2.24, 2.45) is 17.8 Å². The second-order valence-corrected chi connectivity index (χ2v) is 7.42. The molecular formula is C21H28N2O2. The third kappa shape index (κ3) is 4.12. The van der Waals surface area contributed by atoms with Crippen molar-refractivity contribution in [3.05, 3.63) is 42.0 Å². The molecule has 0 spiro atoms. The predicted octanol–water partition coefficient (Wildman–Crippen LogP) is 3.15. The van der Waals surface area contributed by atoms with Crippen LogP contribution in [0.15, 0.2) is 36.4 Å². The summed E-state index contributed by atoms with van der Waals surface area (Å²) in [5.74, 6) is 1.23. The second kappa shape index (κ2) is 7.85. The van der Waals surface area contributed by atoms with Gasteiger partial charge in [-0.3, -0.25) is 9.59 Å². The number of benzene rings is 1. The highest BCUT2D eigenvalue weighted by molar-refractivity contribution is 5.91. The maximum atomic E-state index is 12.3. The Morgan fingerprint density at radius 1 is 1.28 bits per heavy atom. The van der Waals surface area contributed by atoms with Gasteiger partial charge >= 0.3 is 0 Å². The zero-order valence-corrected chi connectivity index (χ0v) is 15.1. The van der Waals surface area contributed by atoms with Gasteiger partial charge in [0.25, 0.3) is 0 Å². The van der Waals surface area contributed by atoms with Crippen LogP contribution in [0.2, 0.25) is 0 Å². The van der Waals surface area contributed by atoms with Crippen LogP contribution in [-0.2, 0) is 9.59 Å². The lowest BCUT2D eigenvalue weighted by atomic mass is 9.67. The molecule has 134 valence electrons. The van der Waals surface area contributed by atoms with E-state index >= 15 is 0 Å². The van der Waals surface area contributed by atoms with Crippen LogP contribution >= 0.6 is 0 Å². The highest BCUT2D eigenvalue weighted by Crippen LogP contribution is 2.38. The Morgan fingerprint density at radius 2 is 2.04 bits per heavy atom. The van der Waals surface area contributed by atoms with Crippen LogP contribution in [0.1, 0.15) is 45.1 Å². The summed E-state index contributed by atoms with van der Waals surface area (Å²) in [6.07, 6.45) is 7.22. The fraction of sp³-hybridized carbons (Fsp3) is 0.524. The topological polar surface area (TPSA) is 58.2 Å². The van der Waals surface area contributed by atoms with Gasteiger partial charge in [0.2, 0.25) is 11.8 Å². The van der Waals surface area contributed by atoms with Gasteiger partial charge in [0.05, 0.1) is 0 Å². The molecule has 1 saturated heterocycles. The van der Waals surface area contributed by atoms with Crippen molar-refractivity contribution in [2.45, 2.75) is 51.6 Å². The third-order valence-electron chi connectivity index (χ3n) is 5.89. The summed E-state index contributed by atoms with van der Waals surface area (Å²) in [7, 11) is 0. The normalized spacial score (nSPS) is 32.1. The van der Waals surface area contributed by atoms with Crippen molar-refractivity contribution in [3.8, 4) is 0 Å². The summed E-state index contributed by atoms with van der Waals surface area (Å²) in [4.78, 5) is 24.5. The molecule has 4 heteroatoms. The molecule has 1 heterocycles. The van der Waals surface area contributed by atoms with Crippen LogP contribution in [0.5, 0.6) is 0 Å². The Kier molecular flexibility index (Phi) is 5.57. The summed E-state index contributed by atoms with van der Waals surface area (Å²) in [5, 5.41) is 6.30. The molecule has 0 bridgehead atoms. The molecule has 1 aromatic rings. The highest BCUT2D eigenvalue weighted by Gasteiger charge is 2.43. The first-order valence-electron chi connectivity index (χ1n) is 9.42. The number of hydrogen-bond donors (Lipinski definition) is 2. The second-order valence-electron chi connectivity index (χ2n) is 7.42. The van der Waals surface area contributed by atoms with E-state index in [1.165, 1.54) is 0 Å². The summed E-state index contributed by atoms with van der Waals surface area (Å²) >= 11 is 0. The number of carbonyl (C=O) groups excluding carboxylic acids is 2. The summed E-state index contributed by atoms with van der Waals surface area (Å²) < 4.78 is 0. The monoisotopic (exact) mass is 340 g/mol. The number of nitrogens with one attached hydrogen (secondary N) is 2. The molecule has 2 N–H and O–H groups in total. The van der Waals surface area contributed by atoms with E-state index in [4.69, 9.17) is 0 Å². The van der Waals surface area contributed by atoms with Gasteiger partial charge in [0.1, 0.15) is 0 Å². The Bertz CT molecular complexity index is 641. The minimum absolute atomic E-state index is 0.0612. The number of carbonyl (C=O) groups is 2. The maximum absolute atomic E-state index is 12.3. The maximum Gasteiger partial charge on any atom is 0.244 e. The van der Waals surface area contributed by atoms with Gasteiger partial charge in [-0.1, -0.05) is 44.2 Å². The summed E-state index contributed by atoms with van der Waals surface area (Å²) in [5.41, 5.74) is 1.01. The standard InChI is InChI=1S/C21H28N2O2/c1-3-17-14(2)18-11-10-16(13-19(18)23-21(17)25)22-20(24)12-9-15-7-5-4-6-8-15/h4-9,12,14,16-19H,3,10-11,13H2,1-2H3,(H,22,24)(H,23,25)/b12-9-. The van der Waals surface area contributed by atoms with Gasteiger partial charge in [0.15, 0.2) is 0 Å². The lowest BCUT2D eigenvalue weighted by molar-refractivity contribution is -0.133. The number of rotatable bonds is 4. The fourth-order valence-corrected chi connectivity index (χ4v) is 4.49. The van der Waals surface area contributed by atoms with Crippen molar-refractivity contribution in [2.75, 3.05) is 0 Å². The van der Waals surface area contributed by atoms with Crippen LogP contribution in [0.3, 0.4) is 0 Å². The number of amides is 2. The minimum Gasteiger partial charge on any atom is -0.353 e. The van der Waals surface area contributed by atoms with Crippen LogP contribution in [-0.4, -0.2) is 23.9 Å². The smallest absolute Gasteiger partial charge is 0.244 e. The molecule has 3 rings (SSSR count). The van der Waals surface area contributed by atoms with E-state index in [1.807, 2.05) is 36.4 Å². The van der Waals surface area contributed by atoms with Crippen LogP contribution in [0.4, 0.5) is 0 Å². The van der Waals surface area contributed by atoms with Gasteiger partial charge in [-0.15, -0.1) is 0 Å². The fourth-order valence-electron chi connectivity index (χ4n) is 4.49. The largest absolute Gasteiger partial charge is 0.353 e. The van der Waals surface area contributed by atoms with Crippen molar-refractivity contribution in [1.82, 2.24) is 10.6 Å². The molecule has 5 atom stereocenters. The van der Waals surface area contributed by atoms with E-state index in [-0.39, 0.29) is 29.8 Å². The Labute approximate surface area is 150 Å². The van der Waals surface area contributed by atoms with E-state index in [2.05, 4.69) is 24.5 Å². The molecule has 1 aliphatic heterocycles. The predicted molar refractivity (Wildman–Crippen MR) is 99.6 cm³/mol. The van der Waals surface area contributed by atoms with Crippen molar-refractivity contribution < 1.29 is 9.59 Å². The first kappa shape index (κ1) is 17.7. The van der Waals surface area contributed by atoms with E-state index in [0.717, 1.165) is 31.2 Å². The van der Waals surface area contributed by atoms with E-state index in [0.29, 0.717) is 11.8 Å². The van der Waals surface area contributed by atoms with Gasteiger partial charge in [-0.05, 0) is 49.2 Å². The quantitative estimate of drug-likeness (QED) is 0.827. The SMILES string of the molecule is CCC1C(=O)NC2CC(NC(=O)/C=C\c3ccccc3)CCC2C1C. The lowest BCUT2D eigenvalue weighted by Gasteiger charge is -2.46. The highest BCUT2D eigenvalue weighted by atomic mass is 16.2. The zero-order valence-electron chi connectivity index (χ0n) is 15.1. The molecule has 5 unspecified atom stereocenters. The van der Waals surface area contributed by atoms with Crippen molar-refractivity contribution >= 4 is 17.9 Å². The van der Waals surface area contributed by atoms with Crippen LogP contribution in [0.25, 0.3) is 6.08 Å². The Hall–Kier alpha value is -2.10. The zero-order chi connectivity index (χ0) is 17.8. The number of fused-ring (bicyclic) bond motifs is 1. The van der Waals surface area contributed by atoms with E-state index < -0.39 is 0 Å². The third-order valence-corrected chi connectivity index (χ3v) is 5.89. The molecule has 0 aromatic heterocycles. The lowest BCUT2D eigenvalue weighted by Crippen LogP contribution is -2.58. The first-order chi connectivity index (χ1) is 12.1.